The highest BCUT2D eigenvalue weighted by atomic mass is 16.5. The van der Waals surface area contributed by atoms with Gasteiger partial charge in [0.2, 0.25) is 0 Å². The van der Waals surface area contributed by atoms with Gasteiger partial charge in [0.15, 0.2) is 0 Å². The van der Waals surface area contributed by atoms with Gasteiger partial charge in [0.25, 0.3) is 0 Å². The van der Waals surface area contributed by atoms with Crippen LogP contribution in [-0.4, -0.2) is 79.0 Å². The number of ether oxygens (including phenoxy) is 3. The second-order valence-electron chi connectivity index (χ2n) is 9.88. The van der Waals surface area contributed by atoms with Crippen LogP contribution in [0, 0.1) is 5.92 Å². The standard InChI is InChI=1S/C27H43NO8/c1-4-11-36-27(33)22(28)13-19-14-24(32)26(35-3)15-18(19)7-9-21(30)16-20(29)8-5-17-6-10-23(31)25(12-17)34-2/h5,7,19,22-26,31-32H,4,6,8-16,28H2,1-3H3. The maximum Gasteiger partial charge on any atom is 0.322 e. The molecule has 0 heterocycles. The van der Waals surface area contributed by atoms with E-state index in [1.807, 2.05) is 13.0 Å². The minimum Gasteiger partial charge on any atom is -0.465 e. The molecule has 0 radical (unpaired) electrons. The largest absolute Gasteiger partial charge is 0.465 e. The number of hydrogen-bond acceptors (Lipinski definition) is 9. The predicted molar refractivity (Wildman–Crippen MR) is 134 cm³/mol. The molecule has 0 aromatic rings. The van der Waals surface area contributed by atoms with Crippen molar-refractivity contribution in [3.05, 3.63) is 23.3 Å². The molecular weight excluding hydrogens is 466 g/mol. The molecule has 9 heteroatoms. The number of aliphatic hydroxyl groups excluding tert-OH is 2. The van der Waals surface area contributed by atoms with Crippen molar-refractivity contribution in [2.45, 2.75) is 102 Å². The van der Waals surface area contributed by atoms with Crippen molar-refractivity contribution >= 4 is 17.5 Å². The summed E-state index contributed by atoms with van der Waals surface area (Å²) in [6.45, 7) is 2.21. The van der Waals surface area contributed by atoms with E-state index in [1.54, 1.807) is 13.2 Å². The van der Waals surface area contributed by atoms with Gasteiger partial charge in [0.1, 0.15) is 17.6 Å². The van der Waals surface area contributed by atoms with Gasteiger partial charge in [-0.15, -0.1) is 0 Å². The molecule has 204 valence electrons. The summed E-state index contributed by atoms with van der Waals surface area (Å²) in [5.74, 6) is -0.999. The predicted octanol–water partition coefficient (Wildman–Crippen LogP) is 2.16. The molecule has 6 atom stereocenters. The molecule has 0 bridgehead atoms. The Morgan fingerprint density at radius 1 is 1.03 bits per heavy atom. The third kappa shape index (κ3) is 9.52. The molecule has 0 aliphatic heterocycles. The van der Waals surface area contributed by atoms with E-state index in [0.717, 1.165) is 17.6 Å². The van der Waals surface area contributed by atoms with Crippen molar-refractivity contribution in [2.24, 2.45) is 11.7 Å². The number of nitrogens with two attached hydrogens (primary N) is 1. The number of allylic oxidation sites excluding steroid dienone is 2. The van der Waals surface area contributed by atoms with E-state index in [-0.39, 0.29) is 42.9 Å². The van der Waals surface area contributed by atoms with Gasteiger partial charge < -0.3 is 30.2 Å². The summed E-state index contributed by atoms with van der Waals surface area (Å²) in [6, 6.07) is -0.819. The average molecular weight is 510 g/mol. The molecule has 0 aromatic heterocycles. The quantitative estimate of drug-likeness (QED) is 0.193. The third-order valence-electron chi connectivity index (χ3n) is 7.07. The molecule has 2 aliphatic carbocycles. The molecule has 0 spiro atoms. The fraction of sp³-hybridized carbons (Fsp3) is 0.741. The van der Waals surface area contributed by atoms with Gasteiger partial charge in [-0.2, -0.15) is 0 Å². The van der Waals surface area contributed by atoms with Crippen LogP contribution in [-0.2, 0) is 28.6 Å². The van der Waals surface area contributed by atoms with Crippen LogP contribution < -0.4 is 5.73 Å². The summed E-state index contributed by atoms with van der Waals surface area (Å²) in [5.41, 5.74) is 8.02. The van der Waals surface area contributed by atoms with Gasteiger partial charge in [0, 0.05) is 27.1 Å². The number of carbonyl (C=O) groups excluding carboxylic acids is 3. The summed E-state index contributed by atoms with van der Waals surface area (Å²) in [5, 5.41) is 20.3. The Labute approximate surface area is 214 Å². The normalized spacial score (nSPS) is 29.8. The first-order chi connectivity index (χ1) is 17.2. The lowest BCUT2D eigenvalue weighted by atomic mass is 9.77. The molecule has 2 rings (SSSR count). The van der Waals surface area contributed by atoms with Crippen LogP contribution in [0.1, 0.15) is 71.1 Å². The highest BCUT2D eigenvalue weighted by molar-refractivity contribution is 6.00. The van der Waals surface area contributed by atoms with Crippen LogP contribution in [0.5, 0.6) is 0 Å². The maximum absolute atomic E-state index is 12.5. The van der Waals surface area contributed by atoms with E-state index in [0.29, 0.717) is 45.1 Å². The molecule has 2 aliphatic rings. The SMILES string of the molecule is CCCOC(=O)C(N)CC1CC(O)C(OC)CC1=CCC(=O)CC(=O)CC=C1CCC(O)C(OC)C1. The minimum atomic E-state index is -0.819. The molecule has 0 saturated heterocycles. The molecule has 36 heavy (non-hydrogen) atoms. The topological polar surface area (TPSA) is 145 Å². The molecule has 0 aromatic carbocycles. The van der Waals surface area contributed by atoms with Crippen molar-refractivity contribution in [2.75, 3.05) is 20.8 Å². The van der Waals surface area contributed by atoms with Crippen LogP contribution in [0.4, 0.5) is 0 Å². The van der Waals surface area contributed by atoms with Gasteiger partial charge in [-0.25, -0.2) is 0 Å². The van der Waals surface area contributed by atoms with Gasteiger partial charge in [-0.3, -0.25) is 14.4 Å². The first kappa shape index (κ1) is 30.3. The van der Waals surface area contributed by atoms with Crippen molar-refractivity contribution in [3.63, 3.8) is 0 Å². The molecule has 9 nitrogen and oxygen atoms in total. The second-order valence-corrected chi connectivity index (χ2v) is 9.88. The first-order valence-electron chi connectivity index (χ1n) is 12.9. The van der Waals surface area contributed by atoms with E-state index in [9.17, 15) is 24.6 Å². The Hall–Kier alpha value is -1.91. The highest BCUT2D eigenvalue weighted by Crippen LogP contribution is 2.35. The first-order valence-corrected chi connectivity index (χ1v) is 12.9. The minimum absolute atomic E-state index is 0.0914. The number of aliphatic hydroxyl groups is 2. The highest BCUT2D eigenvalue weighted by Gasteiger charge is 2.34. The van der Waals surface area contributed by atoms with E-state index in [1.165, 1.54) is 7.11 Å². The Morgan fingerprint density at radius 3 is 2.31 bits per heavy atom. The number of esters is 1. The molecule has 2 saturated carbocycles. The Balaban J connectivity index is 1.93. The van der Waals surface area contributed by atoms with Gasteiger partial charge in [-0.05, 0) is 50.9 Å². The van der Waals surface area contributed by atoms with Gasteiger partial charge >= 0.3 is 5.97 Å². The average Bonchev–Trinajstić information content (AvgIpc) is 2.86. The number of ketones is 2. The van der Waals surface area contributed by atoms with Crippen molar-refractivity contribution in [1.82, 2.24) is 0 Å². The zero-order valence-corrected chi connectivity index (χ0v) is 21.8. The number of methoxy groups -OCH3 is 2. The summed E-state index contributed by atoms with van der Waals surface area (Å²) in [4.78, 5) is 37.1. The van der Waals surface area contributed by atoms with Crippen LogP contribution in [0.15, 0.2) is 23.3 Å². The second kappa shape index (κ2) is 15.4. The van der Waals surface area contributed by atoms with Crippen LogP contribution >= 0.6 is 0 Å². The van der Waals surface area contributed by atoms with Crippen LogP contribution in [0.25, 0.3) is 0 Å². The Morgan fingerprint density at radius 2 is 1.67 bits per heavy atom. The van der Waals surface area contributed by atoms with E-state index in [4.69, 9.17) is 19.9 Å². The number of carbonyl (C=O) groups is 3. The monoisotopic (exact) mass is 509 g/mol. The smallest absolute Gasteiger partial charge is 0.322 e. The number of Topliss-reactive ketones (excluding diaryl/α,β-unsaturated/α-hetero) is 2. The summed E-state index contributed by atoms with van der Waals surface area (Å²) in [6.07, 6.45) is 5.65. The summed E-state index contributed by atoms with van der Waals surface area (Å²) >= 11 is 0. The molecule has 2 fully saturated rings. The zero-order chi connectivity index (χ0) is 26.7. The Bertz CT molecular complexity index is 808. The number of rotatable bonds is 13. The van der Waals surface area contributed by atoms with Crippen molar-refractivity contribution in [3.8, 4) is 0 Å². The molecule has 6 unspecified atom stereocenters. The number of hydrogen-bond donors (Lipinski definition) is 3. The van der Waals surface area contributed by atoms with E-state index < -0.39 is 30.3 Å². The third-order valence-corrected chi connectivity index (χ3v) is 7.07. The van der Waals surface area contributed by atoms with E-state index in [2.05, 4.69) is 0 Å². The fourth-order valence-corrected chi connectivity index (χ4v) is 4.89. The van der Waals surface area contributed by atoms with E-state index >= 15 is 0 Å². The van der Waals surface area contributed by atoms with Crippen molar-refractivity contribution in [1.29, 1.82) is 0 Å². The van der Waals surface area contributed by atoms with Crippen molar-refractivity contribution < 1.29 is 38.8 Å². The lowest BCUT2D eigenvalue weighted by Crippen LogP contribution is -2.41. The molecular formula is C27H43NO8. The van der Waals surface area contributed by atoms with Gasteiger partial charge in [0.05, 0.1) is 37.4 Å². The van der Waals surface area contributed by atoms with Gasteiger partial charge in [-0.1, -0.05) is 30.2 Å². The lowest BCUT2D eigenvalue weighted by Gasteiger charge is -2.35. The molecule has 0 amide bonds. The fourth-order valence-electron chi connectivity index (χ4n) is 4.89. The summed E-state index contributed by atoms with van der Waals surface area (Å²) < 4.78 is 15.8. The Kier molecular flexibility index (Phi) is 12.9. The summed E-state index contributed by atoms with van der Waals surface area (Å²) in [7, 11) is 3.09. The zero-order valence-electron chi connectivity index (χ0n) is 21.8. The van der Waals surface area contributed by atoms with Crippen LogP contribution in [0.3, 0.4) is 0 Å². The lowest BCUT2D eigenvalue weighted by molar-refractivity contribution is -0.145. The maximum atomic E-state index is 12.5. The van der Waals surface area contributed by atoms with Crippen LogP contribution in [0.2, 0.25) is 0 Å². The molecule has 4 N–H and O–H groups in total.